The summed E-state index contributed by atoms with van der Waals surface area (Å²) < 4.78 is 4.87. The molecule has 0 aromatic rings. The Morgan fingerprint density at radius 2 is 2.17 bits per heavy atom. The van der Waals surface area contributed by atoms with Crippen LogP contribution in [0.15, 0.2) is 0 Å². The summed E-state index contributed by atoms with van der Waals surface area (Å²) in [4.78, 5) is 11.1. The van der Waals surface area contributed by atoms with Crippen LogP contribution in [0.4, 0.5) is 0 Å². The summed E-state index contributed by atoms with van der Waals surface area (Å²) >= 11 is 1.67. The van der Waals surface area contributed by atoms with E-state index in [1.165, 1.54) is 12.8 Å². The summed E-state index contributed by atoms with van der Waals surface area (Å²) in [6, 6.07) is 0. The lowest BCUT2D eigenvalue weighted by Gasteiger charge is -2.08. The molecule has 3 heteroatoms. The van der Waals surface area contributed by atoms with Gasteiger partial charge in [-0.3, -0.25) is 4.79 Å². The molecule has 0 spiro atoms. The lowest BCUT2D eigenvalue weighted by atomic mass is 10.4. The summed E-state index contributed by atoms with van der Waals surface area (Å²) in [6.07, 6.45) is 2.36. The van der Waals surface area contributed by atoms with E-state index in [-0.39, 0.29) is 11.2 Å². The Labute approximate surface area is 79.1 Å². The fourth-order valence-electron chi connectivity index (χ4n) is 0.732. The van der Waals surface area contributed by atoms with Crippen LogP contribution in [0.25, 0.3) is 0 Å². The highest BCUT2D eigenvalue weighted by Gasteiger charge is 2.12. The highest BCUT2D eigenvalue weighted by molar-refractivity contribution is 8.00. The Kier molecular flexibility index (Phi) is 7.36. The number of ether oxygens (including phenoxy) is 1. The molecule has 0 bridgehead atoms. The van der Waals surface area contributed by atoms with Gasteiger partial charge in [-0.15, -0.1) is 11.8 Å². The molecule has 0 heterocycles. The van der Waals surface area contributed by atoms with E-state index < -0.39 is 0 Å². The van der Waals surface area contributed by atoms with Crippen LogP contribution in [0, 0.1) is 0 Å². The van der Waals surface area contributed by atoms with Crippen molar-refractivity contribution in [1.29, 1.82) is 0 Å². The highest BCUT2D eigenvalue weighted by Crippen LogP contribution is 2.13. The van der Waals surface area contributed by atoms with E-state index in [0.29, 0.717) is 6.61 Å². The standard InChI is InChI=1S/C9H18O2S/c1-4-6-7-12-8(3)9(10)11-5-2/h8H,4-7H2,1-3H3. The zero-order valence-corrected chi connectivity index (χ0v) is 8.95. The second-order valence-corrected chi connectivity index (χ2v) is 4.07. The van der Waals surface area contributed by atoms with E-state index in [1.807, 2.05) is 13.8 Å². The van der Waals surface area contributed by atoms with Gasteiger partial charge >= 0.3 is 5.97 Å². The molecule has 0 aromatic heterocycles. The van der Waals surface area contributed by atoms with Gasteiger partial charge < -0.3 is 4.74 Å². The normalized spacial score (nSPS) is 12.6. The maximum absolute atomic E-state index is 11.1. The molecule has 12 heavy (non-hydrogen) atoms. The molecule has 0 radical (unpaired) electrons. The topological polar surface area (TPSA) is 26.3 Å². The molecule has 0 rings (SSSR count). The van der Waals surface area contributed by atoms with Crippen molar-refractivity contribution >= 4 is 17.7 Å². The third-order valence-corrected chi connectivity index (χ3v) is 2.70. The average molecular weight is 190 g/mol. The lowest BCUT2D eigenvalue weighted by Crippen LogP contribution is -2.17. The van der Waals surface area contributed by atoms with Crippen molar-refractivity contribution in [2.24, 2.45) is 0 Å². The molecule has 1 atom stereocenters. The first-order valence-corrected chi connectivity index (χ1v) is 5.55. The molecule has 0 aliphatic rings. The average Bonchev–Trinajstić information content (AvgIpc) is 2.05. The molecule has 0 saturated carbocycles. The molecule has 0 fully saturated rings. The van der Waals surface area contributed by atoms with Gasteiger partial charge in [0.15, 0.2) is 0 Å². The SMILES string of the molecule is CCCCSC(C)C(=O)OCC. The van der Waals surface area contributed by atoms with Crippen LogP contribution in [0.2, 0.25) is 0 Å². The van der Waals surface area contributed by atoms with Crippen molar-refractivity contribution in [2.45, 2.75) is 38.9 Å². The van der Waals surface area contributed by atoms with Gasteiger partial charge in [0.2, 0.25) is 0 Å². The minimum Gasteiger partial charge on any atom is -0.465 e. The van der Waals surface area contributed by atoms with Gasteiger partial charge in [0.1, 0.15) is 0 Å². The van der Waals surface area contributed by atoms with Crippen LogP contribution in [-0.4, -0.2) is 23.6 Å². The first-order valence-electron chi connectivity index (χ1n) is 4.50. The van der Waals surface area contributed by atoms with Crippen LogP contribution < -0.4 is 0 Å². The number of carbonyl (C=O) groups is 1. The van der Waals surface area contributed by atoms with Gasteiger partial charge in [-0.25, -0.2) is 0 Å². The predicted octanol–water partition coefficient (Wildman–Crippen LogP) is 2.47. The van der Waals surface area contributed by atoms with Gasteiger partial charge in [0, 0.05) is 0 Å². The van der Waals surface area contributed by atoms with Crippen molar-refractivity contribution in [1.82, 2.24) is 0 Å². The van der Waals surface area contributed by atoms with E-state index in [1.54, 1.807) is 11.8 Å². The quantitative estimate of drug-likeness (QED) is 0.475. The number of unbranched alkanes of at least 4 members (excludes halogenated alkanes) is 1. The minimum atomic E-state index is -0.0846. The van der Waals surface area contributed by atoms with E-state index in [0.717, 1.165) is 5.75 Å². The third-order valence-electron chi connectivity index (χ3n) is 1.48. The summed E-state index contributed by atoms with van der Waals surface area (Å²) in [5.41, 5.74) is 0. The molecule has 72 valence electrons. The van der Waals surface area contributed by atoms with Crippen LogP contribution >= 0.6 is 11.8 Å². The number of esters is 1. The largest absolute Gasteiger partial charge is 0.465 e. The van der Waals surface area contributed by atoms with Crippen molar-refractivity contribution in [3.8, 4) is 0 Å². The maximum Gasteiger partial charge on any atom is 0.318 e. The zero-order valence-electron chi connectivity index (χ0n) is 8.13. The maximum atomic E-state index is 11.1. The minimum absolute atomic E-state index is 0.00324. The Hall–Kier alpha value is -0.180. The van der Waals surface area contributed by atoms with Gasteiger partial charge in [-0.05, 0) is 26.0 Å². The Balaban J connectivity index is 3.42. The number of hydrogen-bond acceptors (Lipinski definition) is 3. The van der Waals surface area contributed by atoms with E-state index >= 15 is 0 Å². The van der Waals surface area contributed by atoms with E-state index in [2.05, 4.69) is 6.92 Å². The summed E-state index contributed by atoms with van der Waals surface area (Å²) in [7, 11) is 0. The highest BCUT2D eigenvalue weighted by atomic mass is 32.2. The first kappa shape index (κ1) is 11.8. The Bertz CT molecular complexity index is 126. The molecule has 0 aromatic carbocycles. The summed E-state index contributed by atoms with van der Waals surface area (Å²) in [6.45, 7) is 6.37. The zero-order chi connectivity index (χ0) is 9.40. The second kappa shape index (κ2) is 7.47. The second-order valence-electron chi connectivity index (χ2n) is 2.62. The smallest absolute Gasteiger partial charge is 0.318 e. The van der Waals surface area contributed by atoms with Crippen LogP contribution in [0.3, 0.4) is 0 Å². The molecule has 0 aliphatic heterocycles. The van der Waals surface area contributed by atoms with Gasteiger partial charge in [0.05, 0.1) is 11.9 Å². The van der Waals surface area contributed by atoms with Gasteiger partial charge in [-0.2, -0.15) is 0 Å². The number of carbonyl (C=O) groups excluding carboxylic acids is 1. The number of rotatable bonds is 6. The molecule has 0 aliphatic carbocycles. The molecule has 0 amide bonds. The molecule has 0 saturated heterocycles. The third kappa shape index (κ3) is 5.47. The molecule has 2 nitrogen and oxygen atoms in total. The summed E-state index contributed by atoms with van der Waals surface area (Å²) in [5, 5.41) is -0.00324. The fourth-order valence-corrected chi connectivity index (χ4v) is 1.75. The molecular weight excluding hydrogens is 172 g/mol. The fraction of sp³-hybridized carbons (Fsp3) is 0.889. The van der Waals surface area contributed by atoms with E-state index in [9.17, 15) is 4.79 Å². The van der Waals surface area contributed by atoms with Crippen LogP contribution in [0.1, 0.15) is 33.6 Å². The molecule has 1 unspecified atom stereocenters. The monoisotopic (exact) mass is 190 g/mol. The Morgan fingerprint density at radius 3 is 2.67 bits per heavy atom. The van der Waals surface area contributed by atoms with Crippen LogP contribution in [0.5, 0.6) is 0 Å². The van der Waals surface area contributed by atoms with E-state index in [4.69, 9.17) is 4.74 Å². The van der Waals surface area contributed by atoms with Crippen molar-refractivity contribution in [2.75, 3.05) is 12.4 Å². The van der Waals surface area contributed by atoms with Crippen molar-refractivity contribution in [3.63, 3.8) is 0 Å². The van der Waals surface area contributed by atoms with Gasteiger partial charge in [-0.1, -0.05) is 13.3 Å². The van der Waals surface area contributed by atoms with Crippen LogP contribution in [-0.2, 0) is 9.53 Å². The first-order chi connectivity index (χ1) is 5.72. The van der Waals surface area contributed by atoms with Crippen molar-refractivity contribution in [3.05, 3.63) is 0 Å². The molecular formula is C9H18O2S. The summed E-state index contributed by atoms with van der Waals surface area (Å²) in [5.74, 6) is 0.967. The number of thioether (sulfide) groups is 1. The molecule has 0 N–H and O–H groups in total. The lowest BCUT2D eigenvalue weighted by molar-refractivity contribution is -0.142. The van der Waals surface area contributed by atoms with Gasteiger partial charge in [0.25, 0.3) is 0 Å². The number of hydrogen-bond donors (Lipinski definition) is 0. The Morgan fingerprint density at radius 1 is 1.50 bits per heavy atom. The predicted molar refractivity (Wildman–Crippen MR) is 53.5 cm³/mol. The van der Waals surface area contributed by atoms with Crippen molar-refractivity contribution < 1.29 is 9.53 Å².